The van der Waals surface area contributed by atoms with Gasteiger partial charge in [-0.3, -0.25) is 9.78 Å². The van der Waals surface area contributed by atoms with Gasteiger partial charge >= 0.3 is 0 Å². The van der Waals surface area contributed by atoms with Gasteiger partial charge in [-0.2, -0.15) is 0 Å². The number of pyridine rings is 1. The van der Waals surface area contributed by atoms with Crippen LogP contribution in [0.5, 0.6) is 0 Å². The highest BCUT2D eigenvalue weighted by molar-refractivity contribution is 5.73. The molecule has 0 spiro atoms. The Balaban J connectivity index is 1.64. The number of nitrogens with zero attached hydrogens (tertiary/aromatic N) is 2. The second kappa shape index (κ2) is 6.75. The van der Waals surface area contributed by atoms with Crippen LogP contribution in [0.2, 0.25) is 0 Å². The van der Waals surface area contributed by atoms with Crippen LogP contribution >= 0.6 is 0 Å². The van der Waals surface area contributed by atoms with Crippen LogP contribution < -0.4 is 0 Å². The third kappa shape index (κ3) is 3.31. The Morgan fingerprint density at radius 1 is 1.55 bits per heavy atom. The zero-order valence-electron chi connectivity index (χ0n) is 13.2. The van der Waals surface area contributed by atoms with Crippen LogP contribution in [-0.4, -0.2) is 48.2 Å². The van der Waals surface area contributed by atoms with Gasteiger partial charge in [-0.05, 0) is 31.4 Å². The molecule has 2 unspecified atom stereocenters. The van der Waals surface area contributed by atoms with Gasteiger partial charge in [0.05, 0.1) is 25.0 Å². The van der Waals surface area contributed by atoms with E-state index in [1.165, 1.54) is 0 Å². The molecule has 0 N–H and O–H groups in total. The van der Waals surface area contributed by atoms with E-state index in [0.717, 1.165) is 44.7 Å². The molecule has 0 saturated carbocycles. The first-order valence-electron chi connectivity index (χ1n) is 8.04. The second-order valence-corrected chi connectivity index (χ2v) is 6.37. The van der Waals surface area contributed by atoms with E-state index in [1.807, 2.05) is 23.1 Å². The van der Waals surface area contributed by atoms with Crippen molar-refractivity contribution >= 4 is 5.91 Å². The first kappa shape index (κ1) is 15.4. The van der Waals surface area contributed by atoms with Gasteiger partial charge in [0.15, 0.2) is 0 Å². The number of fused-ring (bicyclic) bond motifs is 1. The Morgan fingerprint density at radius 3 is 3.23 bits per heavy atom. The van der Waals surface area contributed by atoms with Crippen molar-refractivity contribution in [1.29, 1.82) is 0 Å². The topological polar surface area (TPSA) is 51.7 Å². The maximum atomic E-state index is 11.7. The average molecular weight is 304 g/mol. The largest absolute Gasteiger partial charge is 0.377 e. The summed E-state index contributed by atoms with van der Waals surface area (Å²) in [6.45, 7) is 5.14. The molecule has 22 heavy (non-hydrogen) atoms. The van der Waals surface area contributed by atoms with Gasteiger partial charge in [0.2, 0.25) is 5.91 Å². The highest BCUT2D eigenvalue weighted by atomic mass is 16.5. The molecule has 0 bridgehead atoms. The van der Waals surface area contributed by atoms with Crippen LogP contribution in [-0.2, 0) is 20.9 Å². The summed E-state index contributed by atoms with van der Waals surface area (Å²) in [6.07, 6.45) is 4.99. The summed E-state index contributed by atoms with van der Waals surface area (Å²) < 4.78 is 11.9. The normalized spacial score (nSPS) is 28.2. The molecule has 1 aromatic rings. The van der Waals surface area contributed by atoms with Crippen LogP contribution in [0.25, 0.3) is 0 Å². The molecule has 2 fully saturated rings. The monoisotopic (exact) mass is 304 g/mol. The minimum absolute atomic E-state index is 0.0586. The molecular weight excluding hydrogens is 280 g/mol. The third-order valence-electron chi connectivity index (χ3n) is 4.80. The van der Waals surface area contributed by atoms with E-state index in [9.17, 15) is 4.79 Å². The van der Waals surface area contributed by atoms with Gasteiger partial charge in [-0.15, -0.1) is 0 Å². The molecule has 0 radical (unpaired) electrons. The highest BCUT2D eigenvalue weighted by Crippen LogP contribution is 2.40. The molecule has 0 aliphatic carbocycles. The van der Waals surface area contributed by atoms with Crippen LogP contribution in [0.4, 0.5) is 0 Å². The molecule has 2 atom stereocenters. The van der Waals surface area contributed by atoms with Gasteiger partial charge in [0, 0.05) is 38.2 Å². The molecule has 0 aromatic carbocycles. The second-order valence-electron chi connectivity index (χ2n) is 6.37. The number of carbonyl (C=O) groups is 1. The molecule has 2 aliphatic rings. The first-order valence-corrected chi connectivity index (χ1v) is 8.04. The average Bonchev–Trinajstić information content (AvgIpc) is 2.55. The molecule has 1 amide bonds. The standard InChI is InChI=1S/C17H24N2O3/c1-14(20)19-9-6-16-17(12-19,7-4-10-22-16)13-21-11-15-5-2-3-8-18-15/h2-3,5,8,16H,4,6-7,9-13H2,1H3. The number of carbonyl (C=O) groups excluding carboxylic acids is 1. The molecule has 3 heterocycles. The van der Waals surface area contributed by atoms with Crippen molar-refractivity contribution in [2.75, 3.05) is 26.3 Å². The van der Waals surface area contributed by atoms with Crippen molar-refractivity contribution in [1.82, 2.24) is 9.88 Å². The van der Waals surface area contributed by atoms with Crippen molar-refractivity contribution in [3.63, 3.8) is 0 Å². The number of hydrogen-bond acceptors (Lipinski definition) is 4. The SMILES string of the molecule is CC(=O)N1CCC2OCCCC2(COCc2ccccn2)C1. The van der Waals surface area contributed by atoms with E-state index in [-0.39, 0.29) is 17.4 Å². The van der Waals surface area contributed by atoms with Crippen LogP contribution in [0.3, 0.4) is 0 Å². The Labute approximate surface area is 131 Å². The van der Waals surface area contributed by atoms with Crippen LogP contribution in [0.15, 0.2) is 24.4 Å². The lowest BCUT2D eigenvalue weighted by Crippen LogP contribution is -2.57. The Kier molecular flexibility index (Phi) is 4.74. The Morgan fingerprint density at radius 2 is 2.45 bits per heavy atom. The van der Waals surface area contributed by atoms with Crippen molar-refractivity contribution in [3.8, 4) is 0 Å². The summed E-state index contributed by atoms with van der Waals surface area (Å²) in [4.78, 5) is 18.0. The van der Waals surface area contributed by atoms with Gasteiger partial charge in [0.1, 0.15) is 0 Å². The molecule has 3 rings (SSSR count). The maximum absolute atomic E-state index is 11.7. The van der Waals surface area contributed by atoms with Crippen molar-refractivity contribution in [2.24, 2.45) is 5.41 Å². The Bertz CT molecular complexity index is 508. The summed E-state index contributed by atoms with van der Waals surface area (Å²) in [6, 6.07) is 5.84. The minimum atomic E-state index is -0.0586. The van der Waals surface area contributed by atoms with Crippen LogP contribution in [0, 0.1) is 5.41 Å². The molecule has 2 saturated heterocycles. The van der Waals surface area contributed by atoms with Gasteiger partial charge in [0.25, 0.3) is 0 Å². The number of rotatable bonds is 4. The fourth-order valence-corrected chi connectivity index (χ4v) is 3.61. The van der Waals surface area contributed by atoms with Crippen LogP contribution in [0.1, 0.15) is 31.9 Å². The predicted octanol–water partition coefficient (Wildman–Crippen LogP) is 2.02. The van der Waals surface area contributed by atoms with Crippen molar-refractivity contribution in [3.05, 3.63) is 30.1 Å². The number of likely N-dealkylation sites (tertiary alicyclic amines) is 1. The number of hydrogen-bond donors (Lipinski definition) is 0. The fraction of sp³-hybridized carbons (Fsp3) is 0.647. The highest BCUT2D eigenvalue weighted by Gasteiger charge is 2.46. The quantitative estimate of drug-likeness (QED) is 0.854. The van der Waals surface area contributed by atoms with E-state index >= 15 is 0 Å². The first-order chi connectivity index (χ1) is 10.7. The Hall–Kier alpha value is -1.46. The summed E-state index contributed by atoms with van der Waals surface area (Å²) in [7, 11) is 0. The van der Waals surface area contributed by atoms with Crippen molar-refractivity contribution in [2.45, 2.75) is 38.9 Å². The van der Waals surface area contributed by atoms with E-state index in [4.69, 9.17) is 9.47 Å². The number of ether oxygens (including phenoxy) is 2. The zero-order chi connectivity index (χ0) is 15.4. The van der Waals surface area contributed by atoms with E-state index in [0.29, 0.717) is 13.2 Å². The smallest absolute Gasteiger partial charge is 0.219 e. The van der Waals surface area contributed by atoms with E-state index in [2.05, 4.69) is 4.98 Å². The number of aromatic nitrogens is 1. The van der Waals surface area contributed by atoms with E-state index in [1.54, 1.807) is 13.1 Å². The summed E-state index contributed by atoms with van der Waals surface area (Å²) in [5.74, 6) is 0.146. The summed E-state index contributed by atoms with van der Waals surface area (Å²) in [5, 5.41) is 0. The molecule has 1 aromatic heterocycles. The number of amides is 1. The van der Waals surface area contributed by atoms with Gasteiger partial charge in [-0.1, -0.05) is 6.07 Å². The fourth-order valence-electron chi connectivity index (χ4n) is 3.61. The lowest BCUT2D eigenvalue weighted by Gasteiger charge is -2.50. The molecule has 5 nitrogen and oxygen atoms in total. The lowest BCUT2D eigenvalue weighted by atomic mass is 9.73. The predicted molar refractivity (Wildman–Crippen MR) is 82.2 cm³/mol. The summed E-state index contributed by atoms with van der Waals surface area (Å²) in [5.41, 5.74) is 0.878. The third-order valence-corrected chi connectivity index (χ3v) is 4.80. The molecule has 5 heteroatoms. The molecule has 120 valence electrons. The van der Waals surface area contributed by atoms with Gasteiger partial charge < -0.3 is 14.4 Å². The number of piperidine rings is 1. The maximum Gasteiger partial charge on any atom is 0.219 e. The van der Waals surface area contributed by atoms with Gasteiger partial charge in [-0.25, -0.2) is 0 Å². The zero-order valence-corrected chi connectivity index (χ0v) is 13.2. The van der Waals surface area contributed by atoms with E-state index < -0.39 is 0 Å². The van der Waals surface area contributed by atoms with Crippen molar-refractivity contribution < 1.29 is 14.3 Å². The summed E-state index contributed by atoms with van der Waals surface area (Å²) >= 11 is 0. The lowest BCUT2D eigenvalue weighted by molar-refractivity contribution is -0.164. The minimum Gasteiger partial charge on any atom is -0.377 e. The molecule has 2 aliphatic heterocycles. The molecular formula is C17H24N2O3.